The van der Waals surface area contributed by atoms with Gasteiger partial charge in [-0.1, -0.05) is 19.1 Å². The Morgan fingerprint density at radius 1 is 1.02 bits per heavy atom. The third-order valence-electron chi connectivity index (χ3n) is 8.56. The van der Waals surface area contributed by atoms with Gasteiger partial charge in [0.1, 0.15) is 11.6 Å². The molecule has 4 N–H and O–H groups in total. The van der Waals surface area contributed by atoms with Crippen LogP contribution < -0.4 is 15.4 Å². The molecule has 1 aliphatic rings. The van der Waals surface area contributed by atoms with Crippen molar-refractivity contribution in [3.8, 4) is 5.75 Å². The molecule has 4 rings (SSSR count). The number of hydrogen-bond donors (Lipinski definition) is 4. The van der Waals surface area contributed by atoms with Crippen molar-refractivity contribution >= 4 is 29.3 Å². The number of carbonyl (C=O) groups excluding carboxylic acids is 2. The quantitative estimate of drug-likeness (QED) is 0.213. The number of aliphatic hydroxyl groups is 1. The maximum atomic E-state index is 14.3. The average Bonchev–Trinajstić information content (AvgIpc) is 3.07. The second kappa shape index (κ2) is 17.8. The van der Waals surface area contributed by atoms with E-state index in [2.05, 4.69) is 15.5 Å². The van der Waals surface area contributed by atoms with Crippen LogP contribution in [0.3, 0.4) is 0 Å². The second-order valence-corrected chi connectivity index (χ2v) is 12.8. The SMILES string of the molecule is C[C@@H]1CCCCO[C@@H](CN(C)Cc2ccc(C(=O)O)cc2)[C@@H](C)CN([C@@H](C)CO)C(=O)c2cc(NC(=O)Nc3ccc(F)cc3)ccc2O1. The zero-order chi connectivity index (χ0) is 35.5. The minimum absolute atomic E-state index is 0.135. The van der Waals surface area contributed by atoms with E-state index in [4.69, 9.17) is 9.47 Å². The van der Waals surface area contributed by atoms with Gasteiger partial charge in [-0.05, 0) is 100 Å². The maximum Gasteiger partial charge on any atom is 0.335 e. The minimum Gasteiger partial charge on any atom is -0.490 e. The smallest absolute Gasteiger partial charge is 0.335 e. The van der Waals surface area contributed by atoms with Crippen molar-refractivity contribution in [1.29, 1.82) is 0 Å². The number of fused-ring (bicyclic) bond motifs is 1. The number of halogens is 1. The van der Waals surface area contributed by atoms with E-state index in [9.17, 15) is 29.0 Å². The van der Waals surface area contributed by atoms with Crippen molar-refractivity contribution in [3.05, 3.63) is 89.2 Å². The molecule has 3 aromatic carbocycles. The van der Waals surface area contributed by atoms with Crippen LogP contribution in [0, 0.1) is 11.7 Å². The van der Waals surface area contributed by atoms with Crippen LogP contribution in [-0.4, -0.2) is 89.5 Å². The van der Waals surface area contributed by atoms with Gasteiger partial charge in [-0.25, -0.2) is 14.0 Å². The van der Waals surface area contributed by atoms with E-state index >= 15 is 0 Å². The molecule has 0 radical (unpaired) electrons. The molecule has 0 bridgehead atoms. The summed E-state index contributed by atoms with van der Waals surface area (Å²) in [5.41, 5.74) is 2.20. The van der Waals surface area contributed by atoms with Gasteiger partial charge in [0.15, 0.2) is 0 Å². The van der Waals surface area contributed by atoms with Crippen LogP contribution in [0.1, 0.15) is 66.3 Å². The predicted octanol–water partition coefficient (Wildman–Crippen LogP) is 6.10. The number of carbonyl (C=O) groups is 3. The number of anilines is 2. The van der Waals surface area contributed by atoms with Crippen molar-refractivity contribution in [3.63, 3.8) is 0 Å². The zero-order valence-corrected chi connectivity index (χ0v) is 28.5. The molecule has 0 aromatic heterocycles. The number of urea groups is 1. The molecule has 0 fully saturated rings. The second-order valence-electron chi connectivity index (χ2n) is 12.8. The van der Waals surface area contributed by atoms with Gasteiger partial charge in [-0.15, -0.1) is 0 Å². The van der Waals surface area contributed by atoms with E-state index in [0.29, 0.717) is 36.8 Å². The van der Waals surface area contributed by atoms with Crippen molar-refractivity contribution in [1.82, 2.24) is 9.80 Å². The van der Waals surface area contributed by atoms with Gasteiger partial charge < -0.3 is 35.2 Å². The number of benzene rings is 3. The van der Waals surface area contributed by atoms with E-state index < -0.39 is 23.9 Å². The highest BCUT2D eigenvalue weighted by atomic mass is 19.1. The number of aliphatic hydroxyl groups excluding tert-OH is 1. The fraction of sp³-hybridized carbons (Fsp3) is 0.432. The van der Waals surface area contributed by atoms with Crippen molar-refractivity contribution < 1.29 is 38.5 Å². The molecule has 1 aliphatic heterocycles. The topological polar surface area (TPSA) is 141 Å². The van der Waals surface area contributed by atoms with Gasteiger partial charge in [0.2, 0.25) is 0 Å². The van der Waals surface area contributed by atoms with E-state index in [1.807, 2.05) is 20.9 Å². The molecule has 3 aromatic rings. The first-order valence-corrected chi connectivity index (χ1v) is 16.6. The molecule has 11 nitrogen and oxygen atoms in total. The Balaban J connectivity index is 1.56. The molecular weight excluding hydrogens is 631 g/mol. The summed E-state index contributed by atoms with van der Waals surface area (Å²) in [6.07, 6.45) is 1.97. The number of carboxylic acid groups (broad SMARTS) is 1. The van der Waals surface area contributed by atoms with Gasteiger partial charge in [0.05, 0.1) is 36.0 Å². The number of nitrogens with zero attached hydrogens (tertiary/aromatic N) is 2. The van der Waals surface area contributed by atoms with Crippen LogP contribution >= 0.6 is 0 Å². The predicted molar refractivity (Wildman–Crippen MR) is 186 cm³/mol. The molecule has 4 atom stereocenters. The van der Waals surface area contributed by atoms with Gasteiger partial charge >= 0.3 is 12.0 Å². The first kappa shape index (κ1) is 37.3. The third kappa shape index (κ3) is 11.0. The van der Waals surface area contributed by atoms with Gasteiger partial charge in [-0.3, -0.25) is 9.69 Å². The van der Waals surface area contributed by atoms with Crippen LogP contribution in [0.15, 0.2) is 66.7 Å². The fourth-order valence-corrected chi connectivity index (χ4v) is 5.73. The van der Waals surface area contributed by atoms with E-state index in [0.717, 1.165) is 24.8 Å². The molecule has 264 valence electrons. The summed E-state index contributed by atoms with van der Waals surface area (Å²) < 4.78 is 26.0. The lowest BCUT2D eigenvalue weighted by Crippen LogP contribution is -2.47. The molecule has 12 heteroatoms. The maximum absolute atomic E-state index is 14.3. The van der Waals surface area contributed by atoms with Crippen molar-refractivity contribution in [2.75, 3.05) is 44.0 Å². The number of amides is 3. The first-order chi connectivity index (χ1) is 23.4. The molecule has 1 heterocycles. The molecule has 0 unspecified atom stereocenters. The summed E-state index contributed by atoms with van der Waals surface area (Å²) in [5.74, 6) is -1.51. The lowest BCUT2D eigenvalue weighted by molar-refractivity contribution is -0.0177. The van der Waals surface area contributed by atoms with Crippen LogP contribution in [0.4, 0.5) is 20.6 Å². The Labute approximate surface area is 287 Å². The van der Waals surface area contributed by atoms with Crippen LogP contribution in [0.2, 0.25) is 0 Å². The summed E-state index contributed by atoms with van der Waals surface area (Å²) >= 11 is 0. The summed E-state index contributed by atoms with van der Waals surface area (Å²) in [6.45, 7) is 7.44. The number of likely N-dealkylation sites (N-methyl/N-ethyl adjacent to an activating group) is 1. The van der Waals surface area contributed by atoms with Gasteiger partial charge in [0, 0.05) is 43.5 Å². The number of aromatic carboxylic acids is 1. The highest BCUT2D eigenvalue weighted by Gasteiger charge is 2.30. The van der Waals surface area contributed by atoms with Gasteiger partial charge in [-0.2, -0.15) is 0 Å². The fourth-order valence-electron chi connectivity index (χ4n) is 5.73. The van der Waals surface area contributed by atoms with E-state index in [1.54, 1.807) is 54.3 Å². The minimum atomic E-state index is -0.971. The Kier molecular flexibility index (Phi) is 13.5. The highest BCUT2D eigenvalue weighted by molar-refractivity contribution is 6.02. The normalized spacial score (nSPS) is 19.7. The number of nitrogens with one attached hydrogen (secondary N) is 2. The van der Waals surface area contributed by atoms with Crippen LogP contribution in [0.25, 0.3) is 0 Å². The molecule has 0 saturated heterocycles. The van der Waals surface area contributed by atoms with E-state index in [1.165, 1.54) is 24.3 Å². The van der Waals surface area contributed by atoms with Gasteiger partial charge in [0.25, 0.3) is 5.91 Å². The highest BCUT2D eigenvalue weighted by Crippen LogP contribution is 2.29. The standard InChI is InChI=1S/C37H47FN4O7/c1-24-20-42(25(2)23-43)35(44)32-19-31(40-37(47)39-30-14-12-29(38)13-15-30)16-17-33(32)49-26(3)7-5-6-18-48-34(24)22-41(4)21-27-8-10-28(11-9-27)36(45)46/h8-17,19,24-26,34,43H,5-7,18,20-23H2,1-4H3,(H,45,46)(H2,39,40,47)/t24-,25-,26+,34-/m0/s1. The third-order valence-corrected chi connectivity index (χ3v) is 8.56. The summed E-state index contributed by atoms with van der Waals surface area (Å²) in [7, 11) is 1.97. The number of rotatable bonds is 9. The summed E-state index contributed by atoms with van der Waals surface area (Å²) in [4.78, 5) is 42.1. The molecule has 3 amide bonds. The Morgan fingerprint density at radius 2 is 1.69 bits per heavy atom. The zero-order valence-electron chi connectivity index (χ0n) is 28.5. The van der Waals surface area contributed by atoms with Crippen molar-refractivity contribution in [2.45, 2.75) is 64.8 Å². The summed E-state index contributed by atoms with van der Waals surface area (Å²) in [6, 6.07) is 16.0. The molecule has 0 spiro atoms. The van der Waals surface area contributed by atoms with Crippen LogP contribution in [0.5, 0.6) is 5.75 Å². The first-order valence-electron chi connectivity index (χ1n) is 16.6. The molecule has 0 aliphatic carbocycles. The Bertz CT molecular complexity index is 1550. The number of carboxylic acids is 1. The Hall–Kier alpha value is -4.52. The number of ether oxygens (including phenoxy) is 2. The monoisotopic (exact) mass is 678 g/mol. The molecular formula is C37H47FN4O7. The molecule has 49 heavy (non-hydrogen) atoms. The van der Waals surface area contributed by atoms with Crippen molar-refractivity contribution in [2.24, 2.45) is 5.92 Å². The Morgan fingerprint density at radius 3 is 2.37 bits per heavy atom. The largest absolute Gasteiger partial charge is 0.490 e. The van der Waals surface area contributed by atoms with Crippen LogP contribution in [-0.2, 0) is 11.3 Å². The molecule has 0 saturated carbocycles. The lowest BCUT2D eigenvalue weighted by atomic mass is 10.0. The number of hydrogen-bond acceptors (Lipinski definition) is 7. The van der Waals surface area contributed by atoms with E-state index in [-0.39, 0.29) is 48.3 Å². The lowest BCUT2D eigenvalue weighted by Gasteiger charge is -2.36. The average molecular weight is 679 g/mol. The summed E-state index contributed by atoms with van der Waals surface area (Å²) in [5, 5.41) is 24.8.